The molecule has 0 radical (unpaired) electrons. The lowest BCUT2D eigenvalue weighted by Crippen LogP contribution is -2.34. The van der Waals surface area contributed by atoms with Gasteiger partial charge in [0.25, 0.3) is 5.91 Å². The first-order chi connectivity index (χ1) is 13.7. The molecule has 9 heteroatoms. The van der Waals surface area contributed by atoms with Crippen LogP contribution in [0.2, 0.25) is 5.02 Å². The molecule has 0 bridgehead atoms. The van der Waals surface area contributed by atoms with Crippen LogP contribution in [0.25, 0.3) is 0 Å². The van der Waals surface area contributed by atoms with Gasteiger partial charge in [0.05, 0.1) is 22.9 Å². The molecule has 0 aliphatic rings. The van der Waals surface area contributed by atoms with E-state index in [0.29, 0.717) is 17.9 Å². The molecule has 2 N–H and O–H groups in total. The molecular weight excluding hydrogens is 425 g/mol. The number of hydrogen-bond donors (Lipinski definition) is 2. The molecule has 2 rings (SSSR count). The van der Waals surface area contributed by atoms with Gasteiger partial charge >= 0.3 is 6.18 Å². The van der Waals surface area contributed by atoms with Gasteiger partial charge in [0.1, 0.15) is 5.75 Å². The largest absolute Gasteiger partial charge is 0.494 e. The quantitative estimate of drug-likeness (QED) is 0.403. The highest BCUT2D eigenvalue weighted by atomic mass is 35.5. The van der Waals surface area contributed by atoms with Crippen molar-refractivity contribution in [2.75, 3.05) is 11.9 Å². The molecule has 29 heavy (non-hydrogen) atoms. The van der Waals surface area contributed by atoms with E-state index in [2.05, 4.69) is 17.6 Å². The standard InChI is InChI=1S/C20H20ClF3N2O2S/c1-2-3-4-11-28-15-8-5-13(6-9-15)18(27)26-19(29)25-17-12-14(20(22,23)24)7-10-16(17)21/h5-10,12H,2-4,11H2,1H3,(H2,25,26,27,29). The van der Waals surface area contributed by atoms with E-state index in [4.69, 9.17) is 28.6 Å². The van der Waals surface area contributed by atoms with Gasteiger partial charge in [-0.25, -0.2) is 0 Å². The van der Waals surface area contributed by atoms with E-state index in [1.807, 2.05) is 0 Å². The normalized spacial score (nSPS) is 11.1. The van der Waals surface area contributed by atoms with Gasteiger partial charge in [-0.1, -0.05) is 31.4 Å². The van der Waals surface area contributed by atoms with Crippen LogP contribution in [0, 0.1) is 0 Å². The predicted molar refractivity (Wildman–Crippen MR) is 112 cm³/mol. The summed E-state index contributed by atoms with van der Waals surface area (Å²) in [5, 5.41) is 4.80. The van der Waals surface area contributed by atoms with Crippen molar-refractivity contribution in [3.63, 3.8) is 0 Å². The maximum Gasteiger partial charge on any atom is 0.416 e. The van der Waals surface area contributed by atoms with Crippen molar-refractivity contribution in [3.8, 4) is 5.75 Å². The fourth-order valence-electron chi connectivity index (χ4n) is 2.37. The lowest BCUT2D eigenvalue weighted by atomic mass is 10.2. The van der Waals surface area contributed by atoms with Gasteiger partial charge in [-0.3, -0.25) is 10.1 Å². The molecule has 0 fully saturated rings. The molecule has 0 heterocycles. The van der Waals surface area contributed by atoms with E-state index < -0.39 is 17.6 Å². The van der Waals surface area contributed by atoms with Crippen molar-refractivity contribution in [2.24, 2.45) is 0 Å². The minimum Gasteiger partial charge on any atom is -0.494 e. The van der Waals surface area contributed by atoms with Gasteiger partial charge in [-0.15, -0.1) is 0 Å². The molecule has 0 unspecified atom stereocenters. The summed E-state index contributed by atoms with van der Waals surface area (Å²) in [5.41, 5.74) is -0.610. The van der Waals surface area contributed by atoms with Crippen LogP contribution in [-0.4, -0.2) is 17.6 Å². The first-order valence-corrected chi connectivity index (χ1v) is 9.71. The van der Waals surface area contributed by atoms with Crippen LogP contribution in [0.1, 0.15) is 42.1 Å². The van der Waals surface area contributed by atoms with Crippen LogP contribution in [0.15, 0.2) is 42.5 Å². The minimum absolute atomic E-state index is 0.0409. The summed E-state index contributed by atoms with van der Waals surface area (Å²) in [6.45, 7) is 2.71. The highest BCUT2D eigenvalue weighted by Crippen LogP contribution is 2.33. The van der Waals surface area contributed by atoms with E-state index in [9.17, 15) is 18.0 Å². The molecule has 0 aromatic heterocycles. The highest BCUT2D eigenvalue weighted by Gasteiger charge is 2.31. The maximum absolute atomic E-state index is 12.8. The molecule has 4 nitrogen and oxygen atoms in total. The molecular formula is C20H20ClF3N2O2S. The zero-order chi connectivity index (χ0) is 21.4. The van der Waals surface area contributed by atoms with Crippen molar-refractivity contribution in [1.82, 2.24) is 5.32 Å². The third-order valence-electron chi connectivity index (χ3n) is 3.90. The topological polar surface area (TPSA) is 50.4 Å². The van der Waals surface area contributed by atoms with Crippen LogP contribution >= 0.6 is 23.8 Å². The fraction of sp³-hybridized carbons (Fsp3) is 0.300. The maximum atomic E-state index is 12.8. The van der Waals surface area contributed by atoms with Crippen molar-refractivity contribution < 1.29 is 22.7 Å². The fourth-order valence-corrected chi connectivity index (χ4v) is 2.74. The Kier molecular flexibility index (Phi) is 8.28. The number of alkyl halides is 3. The van der Waals surface area contributed by atoms with Gasteiger partial charge in [-0.05, 0) is 61.1 Å². The van der Waals surface area contributed by atoms with Crippen LogP contribution < -0.4 is 15.4 Å². The molecule has 0 aliphatic carbocycles. The number of anilines is 1. The van der Waals surface area contributed by atoms with Gasteiger partial charge < -0.3 is 10.1 Å². The Balaban J connectivity index is 1.95. The number of benzene rings is 2. The number of carbonyl (C=O) groups is 1. The number of nitrogens with one attached hydrogen (secondary N) is 2. The molecule has 1 amide bonds. The molecule has 0 aliphatic heterocycles. The molecule has 2 aromatic rings. The average Bonchev–Trinajstić information content (AvgIpc) is 2.66. The number of carbonyl (C=O) groups excluding carboxylic acids is 1. The summed E-state index contributed by atoms with van der Waals surface area (Å²) >= 11 is 10.9. The van der Waals surface area contributed by atoms with Crippen LogP contribution in [0.3, 0.4) is 0 Å². The minimum atomic E-state index is -4.52. The lowest BCUT2D eigenvalue weighted by molar-refractivity contribution is -0.137. The summed E-state index contributed by atoms with van der Waals surface area (Å²) < 4.78 is 44.1. The number of thiocarbonyl (C=S) groups is 1. The second kappa shape index (κ2) is 10.5. The average molecular weight is 445 g/mol. The number of rotatable bonds is 7. The van der Waals surface area contributed by atoms with E-state index >= 15 is 0 Å². The summed E-state index contributed by atoms with van der Waals surface area (Å²) in [4.78, 5) is 12.3. The molecule has 0 saturated heterocycles. The van der Waals surface area contributed by atoms with Crippen LogP contribution in [-0.2, 0) is 6.18 Å². The number of amides is 1. The molecule has 0 saturated carbocycles. The van der Waals surface area contributed by atoms with Gasteiger partial charge in [0.15, 0.2) is 5.11 Å². The second-order valence-corrected chi connectivity index (χ2v) is 7.00. The lowest BCUT2D eigenvalue weighted by Gasteiger charge is -2.14. The van der Waals surface area contributed by atoms with E-state index in [1.54, 1.807) is 24.3 Å². The number of ether oxygens (including phenoxy) is 1. The monoisotopic (exact) mass is 444 g/mol. The van der Waals surface area contributed by atoms with E-state index in [1.165, 1.54) is 0 Å². The summed E-state index contributed by atoms with van der Waals surface area (Å²) in [5.74, 6) is 0.136. The summed E-state index contributed by atoms with van der Waals surface area (Å²) in [6, 6.07) is 9.28. The Morgan fingerprint density at radius 3 is 2.45 bits per heavy atom. The Morgan fingerprint density at radius 2 is 1.83 bits per heavy atom. The Labute approximate surface area is 177 Å². The Morgan fingerprint density at radius 1 is 1.14 bits per heavy atom. The molecule has 0 atom stereocenters. The summed E-state index contributed by atoms with van der Waals surface area (Å²) in [7, 11) is 0. The molecule has 156 valence electrons. The SMILES string of the molecule is CCCCCOc1ccc(C(=O)NC(=S)Nc2cc(C(F)(F)F)ccc2Cl)cc1. The van der Waals surface area contributed by atoms with E-state index in [0.717, 1.165) is 37.5 Å². The van der Waals surface area contributed by atoms with Crippen LogP contribution in [0.5, 0.6) is 5.75 Å². The first kappa shape index (κ1) is 23.0. The third-order valence-corrected chi connectivity index (χ3v) is 4.44. The van der Waals surface area contributed by atoms with Crippen molar-refractivity contribution in [1.29, 1.82) is 0 Å². The molecule has 0 spiro atoms. The number of unbranched alkanes of at least 4 members (excludes halogenated alkanes) is 2. The Bertz CT molecular complexity index is 858. The smallest absolute Gasteiger partial charge is 0.416 e. The predicted octanol–water partition coefficient (Wildman–Crippen LogP) is 6.05. The Hall–Kier alpha value is -2.32. The summed E-state index contributed by atoms with van der Waals surface area (Å²) in [6.07, 6.45) is -1.38. The zero-order valence-corrected chi connectivity index (χ0v) is 17.2. The zero-order valence-electron chi connectivity index (χ0n) is 15.6. The highest BCUT2D eigenvalue weighted by molar-refractivity contribution is 7.80. The van der Waals surface area contributed by atoms with Crippen molar-refractivity contribution >= 4 is 40.5 Å². The van der Waals surface area contributed by atoms with E-state index in [-0.39, 0.29) is 15.8 Å². The third kappa shape index (κ3) is 7.21. The van der Waals surface area contributed by atoms with Crippen molar-refractivity contribution in [2.45, 2.75) is 32.4 Å². The number of halogens is 4. The second-order valence-electron chi connectivity index (χ2n) is 6.18. The van der Waals surface area contributed by atoms with Crippen LogP contribution in [0.4, 0.5) is 18.9 Å². The van der Waals surface area contributed by atoms with Gasteiger partial charge in [0.2, 0.25) is 0 Å². The van der Waals surface area contributed by atoms with Gasteiger partial charge in [0, 0.05) is 5.56 Å². The van der Waals surface area contributed by atoms with Gasteiger partial charge in [-0.2, -0.15) is 13.2 Å². The number of hydrogen-bond acceptors (Lipinski definition) is 3. The van der Waals surface area contributed by atoms with Crippen molar-refractivity contribution in [3.05, 3.63) is 58.6 Å². The molecule has 2 aromatic carbocycles. The first-order valence-electron chi connectivity index (χ1n) is 8.92.